The van der Waals surface area contributed by atoms with Gasteiger partial charge in [0.05, 0.1) is 5.69 Å². The molecular weight excluding hydrogens is 631 g/mol. The van der Waals surface area contributed by atoms with Gasteiger partial charge in [-0.3, -0.25) is 0 Å². The molecule has 0 amide bonds. The third-order valence-electron chi connectivity index (χ3n) is 10.3. The lowest BCUT2D eigenvalue weighted by atomic mass is 9.97. The topological polar surface area (TPSA) is 16.4 Å². The largest absolute Gasteiger partial charge is 0.455 e. The van der Waals surface area contributed by atoms with Crippen LogP contribution in [0.2, 0.25) is 0 Å². The van der Waals surface area contributed by atoms with Crippen LogP contribution in [0.4, 0.5) is 17.1 Å². The smallest absolute Gasteiger partial charge is 0.143 e. The lowest BCUT2D eigenvalue weighted by Crippen LogP contribution is -2.11. The van der Waals surface area contributed by atoms with Crippen LogP contribution >= 0.6 is 0 Å². The van der Waals surface area contributed by atoms with Crippen LogP contribution in [0.3, 0.4) is 0 Å². The van der Waals surface area contributed by atoms with E-state index in [1.807, 2.05) is 12.1 Å². The predicted molar refractivity (Wildman–Crippen MR) is 220 cm³/mol. The van der Waals surface area contributed by atoms with Crippen molar-refractivity contribution in [2.75, 3.05) is 4.90 Å². The Morgan fingerprint density at radius 2 is 0.865 bits per heavy atom. The second-order valence-electron chi connectivity index (χ2n) is 13.3. The monoisotopic (exact) mass is 663 g/mol. The number of benzene rings is 9. The second kappa shape index (κ2) is 12.5. The molecule has 0 radical (unpaired) electrons. The summed E-state index contributed by atoms with van der Waals surface area (Å²) in [5, 5.41) is 7.23. The van der Waals surface area contributed by atoms with Gasteiger partial charge in [0.1, 0.15) is 11.2 Å². The van der Waals surface area contributed by atoms with E-state index in [0.29, 0.717) is 0 Å². The maximum atomic E-state index is 6.41. The van der Waals surface area contributed by atoms with E-state index >= 15 is 0 Å². The normalized spacial score (nSPS) is 11.5. The predicted octanol–water partition coefficient (Wildman–Crippen LogP) is 14.4. The number of anilines is 3. The maximum Gasteiger partial charge on any atom is 0.143 e. The number of nitrogens with zero attached hydrogens (tertiary/aromatic N) is 1. The standard InChI is InChI=1S/C50H33NO/c1-2-13-38-33-39(24-23-34(38)11-1)44-16-5-7-21-48(44)51(40-29-25-36(26-30-40)43-18-9-14-35-12-3-4-15-42(35)43)41-31-27-37(28-32-41)45-19-10-20-47-46-17-6-8-22-49(46)52-50(45)47/h1-33H. The minimum absolute atomic E-state index is 0.907. The fourth-order valence-corrected chi connectivity index (χ4v) is 7.73. The zero-order valence-corrected chi connectivity index (χ0v) is 28.4. The van der Waals surface area contributed by atoms with Crippen molar-refractivity contribution in [3.8, 4) is 33.4 Å². The van der Waals surface area contributed by atoms with Crippen LogP contribution in [0.1, 0.15) is 0 Å². The third kappa shape index (κ3) is 5.12. The first kappa shape index (κ1) is 30.0. The Labute approximate surface area is 302 Å². The molecule has 2 heteroatoms. The zero-order chi connectivity index (χ0) is 34.4. The molecule has 0 N–H and O–H groups in total. The Balaban J connectivity index is 1.11. The van der Waals surface area contributed by atoms with E-state index in [-0.39, 0.29) is 0 Å². The van der Waals surface area contributed by atoms with Crippen LogP contribution in [0.25, 0.3) is 76.9 Å². The summed E-state index contributed by atoms with van der Waals surface area (Å²) in [5.41, 5.74) is 12.1. The van der Waals surface area contributed by atoms with Gasteiger partial charge in [-0.15, -0.1) is 0 Å². The molecule has 0 fully saturated rings. The second-order valence-corrected chi connectivity index (χ2v) is 13.3. The van der Waals surface area contributed by atoms with Crippen molar-refractivity contribution in [1.29, 1.82) is 0 Å². The first-order valence-electron chi connectivity index (χ1n) is 17.8. The van der Waals surface area contributed by atoms with Gasteiger partial charge >= 0.3 is 0 Å². The van der Waals surface area contributed by atoms with E-state index in [1.165, 1.54) is 43.8 Å². The van der Waals surface area contributed by atoms with Gasteiger partial charge in [0.25, 0.3) is 0 Å². The minimum atomic E-state index is 0.907. The SMILES string of the molecule is c1ccc(N(c2ccc(-c3cccc4ccccc34)cc2)c2ccc(-c3cccc4c3oc3ccccc34)cc2)c(-c2ccc3ccccc3c2)c1. The van der Waals surface area contributed by atoms with Crippen LogP contribution in [0, 0.1) is 0 Å². The summed E-state index contributed by atoms with van der Waals surface area (Å²) < 4.78 is 6.41. The quantitative estimate of drug-likeness (QED) is 0.176. The Kier molecular flexibility index (Phi) is 7.18. The summed E-state index contributed by atoms with van der Waals surface area (Å²) >= 11 is 0. The van der Waals surface area contributed by atoms with Crippen LogP contribution in [0.15, 0.2) is 205 Å². The van der Waals surface area contributed by atoms with Gasteiger partial charge in [0.15, 0.2) is 0 Å². The first-order valence-corrected chi connectivity index (χ1v) is 17.8. The first-order chi connectivity index (χ1) is 25.8. The summed E-state index contributed by atoms with van der Waals surface area (Å²) in [6, 6.07) is 71.7. The number of fused-ring (bicyclic) bond motifs is 5. The van der Waals surface area contributed by atoms with E-state index < -0.39 is 0 Å². The summed E-state index contributed by atoms with van der Waals surface area (Å²) in [4.78, 5) is 2.38. The van der Waals surface area contributed by atoms with Gasteiger partial charge in [-0.2, -0.15) is 0 Å². The Hall–Kier alpha value is -6.90. The fourth-order valence-electron chi connectivity index (χ4n) is 7.73. The number of furan rings is 1. The average molecular weight is 664 g/mol. The molecule has 0 bridgehead atoms. The molecule has 0 aliphatic heterocycles. The highest BCUT2D eigenvalue weighted by molar-refractivity contribution is 6.09. The van der Waals surface area contributed by atoms with Crippen molar-refractivity contribution in [2.24, 2.45) is 0 Å². The van der Waals surface area contributed by atoms with Gasteiger partial charge < -0.3 is 9.32 Å². The summed E-state index contributed by atoms with van der Waals surface area (Å²) in [6.45, 7) is 0. The highest BCUT2D eigenvalue weighted by atomic mass is 16.3. The summed E-state index contributed by atoms with van der Waals surface area (Å²) in [5.74, 6) is 0. The maximum absolute atomic E-state index is 6.41. The van der Waals surface area contributed by atoms with Gasteiger partial charge in [-0.25, -0.2) is 0 Å². The van der Waals surface area contributed by atoms with Crippen LogP contribution in [0.5, 0.6) is 0 Å². The molecule has 0 unspecified atom stereocenters. The van der Waals surface area contributed by atoms with E-state index in [2.05, 4.69) is 193 Å². The highest BCUT2D eigenvalue weighted by Crippen LogP contribution is 2.43. The lowest BCUT2D eigenvalue weighted by molar-refractivity contribution is 0.670. The molecule has 10 rings (SSSR count). The van der Waals surface area contributed by atoms with E-state index in [1.54, 1.807) is 0 Å². The molecule has 52 heavy (non-hydrogen) atoms. The molecular formula is C50H33NO. The van der Waals surface area contributed by atoms with E-state index in [9.17, 15) is 0 Å². The van der Waals surface area contributed by atoms with Gasteiger partial charge in [-0.1, -0.05) is 158 Å². The van der Waals surface area contributed by atoms with Crippen LogP contribution in [-0.2, 0) is 0 Å². The lowest BCUT2D eigenvalue weighted by Gasteiger charge is -2.28. The van der Waals surface area contributed by atoms with Crippen molar-refractivity contribution in [3.63, 3.8) is 0 Å². The number of para-hydroxylation sites is 3. The molecule has 244 valence electrons. The average Bonchev–Trinajstić information content (AvgIpc) is 3.60. The molecule has 0 spiro atoms. The van der Waals surface area contributed by atoms with Gasteiger partial charge in [-0.05, 0) is 86.3 Å². The Morgan fingerprint density at radius 1 is 0.327 bits per heavy atom. The van der Waals surface area contributed by atoms with Crippen molar-refractivity contribution >= 4 is 60.5 Å². The molecule has 0 aliphatic rings. The molecule has 0 saturated heterocycles. The molecule has 0 saturated carbocycles. The fraction of sp³-hybridized carbons (Fsp3) is 0. The number of hydrogen-bond acceptors (Lipinski definition) is 2. The summed E-state index contributed by atoms with van der Waals surface area (Å²) in [6.07, 6.45) is 0. The molecule has 10 aromatic rings. The molecule has 1 heterocycles. The van der Waals surface area contributed by atoms with Gasteiger partial charge in [0, 0.05) is 33.3 Å². The Morgan fingerprint density at radius 3 is 1.67 bits per heavy atom. The molecule has 0 atom stereocenters. The van der Waals surface area contributed by atoms with Crippen LogP contribution < -0.4 is 4.90 Å². The van der Waals surface area contributed by atoms with Crippen molar-refractivity contribution < 1.29 is 4.42 Å². The van der Waals surface area contributed by atoms with Gasteiger partial charge in [0.2, 0.25) is 0 Å². The van der Waals surface area contributed by atoms with Crippen molar-refractivity contribution in [2.45, 2.75) is 0 Å². The number of hydrogen-bond donors (Lipinski definition) is 0. The molecule has 0 aliphatic carbocycles. The Bertz CT molecular complexity index is 2890. The molecule has 9 aromatic carbocycles. The zero-order valence-electron chi connectivity index (χ0n) is 28.4. The summed E-state index contributed by atoms with van der Waals surface area (Å²) in [7, 11) is 0. The number of rotatable bonds is 6. The third-order valence-corrected chi connectivity index (χ3v) is 10.3. The van der Waals surface area contributed by atoms with E-state index in [4.69, 9.17) is 4.42 Å². The highest BCUT2D eigenvalue weighted by Gasteiger charge is 2.19. The van der Waals surface area contributed by atoms with E-state index in [0.717, 1.165) is 50.1 Å². The molecule has 2 nitrogen and oxygen atoms in total. The van der Waals surface area contributed by atoms with Crippen molar-refractivity contribution in [3.05, 3.63) is 200 Å². The van der Waals surface area contributed by atoms with Crippen molar-refractivity contribution in [1.82, 2.24) is 0 Å². The van der Waals surface area contributed by atoms with Crippen LogP contribution in [-0.4, -0.2) is 0 Å². The minimum Gasteiger partial charge on any atom is -0.455 e. The molecule has 1 aromatic heterocycles.